The van der Waals surface area contributed by atoms with E-state index >= 15 is 0 Å². The SMILES string of the molecule is C=CCCC(O)C(=O)COC. The Morgan fingerprint density at radius 2 is 2.45 bits per heavy atom. The van der Waals surface area contributed by atoms with E-state index in [1.165, 1.54) is 7.11 Å². The molecule has 0 fully saturated rings. The Bertz CT molecular complexity index is 131. The summed E-state index contributed by atoms with van der Waals surface area (Å²) in [6.45, 7) is 3.47. The minimum Gasteiger partial charge on any atom is -0.385 e. The third-order valence-electron chi connectivity index (χ3n) is 1.30. The number of carbonyl (C=O) groups excluding carboxylic acids is 1. The summed E-state index contributed by atoms with van der Waals surface area (Å²) in [6.07, 6.45) is 1.86. The molecule has 0 aliphatic rings. The van der Waals surface area contributed by atoms with Gasteiger partial charge in [0, 0.05) is 7.11 Å². The number of allylic oxidation sites excluding steroid dienone is 1. The van der Waals surface area contributed by atoms with Crippen LogP contribution in [0, 0.1) is 0 Å². The molecule has 3 nitrogen and oxygen atoms in total. The van der Waals surface area contributed by atoms with Crippen LogP contribution < -0.4 is 0 Å². The molecule has 0 radical (unpaired) electrons. The molecule has 0 amide bonds. The van der Waals surface area contributed by atoms with Gasteiger partial charge in [0.15, 0.2) is 5.78 Å². The van der Waals surface area contributed by atoms with Gasteiger partial charge in [-0.15, -0.1) is 6.58 Å². The fourth-order valence-corrected chi connectivity index (χ4v) is 0.675. The number of ketones is 1. The Kier molecular flexibility index (Phi) is 5.70. The van der Waals surface area contributed by atoms with Crippen molar-refractivity contribution in [3.05, 3.63) is 12.7 Å². The number of carbonyl (C=O) groups is 1. The molecule has 11 heavy (non-hydrogen) atoms. The number of aliphatic hydroxyl groups is 1. The van der Waals surface area contributed by atoms with Gasteiger partial charge in [-0.2, -0.15) is 0 Å². The number of hydrogen-bond donors (Lipinski definition) is 1. The highest BCUT2D eigenvalue weighted by Crippen LogP contribution is 1.98. The molecule has 64 valence electrons. The maximum Gasteiger partial charge on any atom is 0.186 e. The first-order valence-electron chi connectivity index (χ1n) is 3.53. The molecule has 0 aromatic rings. The molecule has 0 aliphatic heterocycles. The summed E-state index contributed by atoms with van der Waals surface area (Å²) in [7, 11) is 1.43. The van der Waals surface area contributed by atoms with Crippen LogP contribution >= 0.6 is 0 Å². The van der Waals surface area contributed by atoms with Crippen LogP contribution in [0.3, 0.4) is 0 Å². The zero-order valence-corrected chi connectivity index (χ0v) is 6.75. The lowest BCUT2D eigenvalue weighted by Gasteiger charge is -2.05. The van der Waals surface area contributed by atoms with E-state index in [4.69, 9.17) is 5.11 Å². The molecule has 0 aliphatic carbocycles. The molecule has 0 bridgehead atoms. The van der Waals surface area contributed by atoms with E-state index in [-0.39, 0.29) is 12.4 Å². The first-order valence-corrected chi connectivity index (χ1v) is 3.53. The van der Waals surface area contributed by atoms with Crippen LogP contribution in [-0.4, -0.2) is 30.7 Å². The summed E-state index contributed by atoms with van der Waals surface area (Å²) in [5.74, 6) is -0.269. The van der Waals surface area contributed by atoms with Crippen molar-refractivity contribution >= 4 is 5.78 Å². The molecule has 1 N–H and O–H groups in total. The van der Waals surface area contributed by atoms with E-state index in [2.05, 4.69) is 11.3 Å². The van der Waals surface area contributed by atoms with E-state index in [1.807, 2.05) is 0 Å². The van der Waals surface area contributed by atoms with Crippen LogP contribution in [0.2, 0.25) is 0 Å². The number of rotatable bonds is 6. The van der Waals surface area contributed by atoms with E-state index in [0.29, 0.717) is 12.8 Å². The highest BCUT2D eigenvalue weighted by molar-refractivity contribution is 5.83. The third-order valence-corrected chi connectivity index (χ3v) is 1.30. The second kappa shape index (κ2) is 6.07. The van der Waals surface area contributed by atoms with Gasteiger partial charge in [0.1, 0.15) is 12.7 Å². The Balaban J connectivity index is 3.54. The zero-order valence-electron chi connectivity index (χ0n) is 6.75. The fourth-order valence-electron chi connectivity index (χ4n) is 0.675. The van der Waals surface area contributed by atoms with Crippen molar-refractivity contribution in [3.8, 4) is 0 Å². The van der Waals surface area contributed by atoms with E-state index < -0.39 is 6.10 Å². The molecule has 0 rings (SSSR count). The largest absolute Gasteiger partial charge is 0.385 e. The first-order chi connectivity index (χ1) is 5.22. The summed E-state index contributed by atoms with van der Waals surface area (Å²) < 4.78 is 4.57. The standard InChI is InChI=1S/C8H14O3/c1-3-4-5-7(9)8(10)6-11-2/h3,7,9H,1,4-6H2,2H3. The summed E-state index contributed by atoms with van der Waals surface area (Å²) in [5, 5.41) is 9.10. The normalized spacial score (nSPS) is 12.5. The van der Waals surface area contributed by atoms with Gasteiger partial charge in [-0.1, -0.05) is 6.08 Å². The lowest BCUT2D eigenvalue weighted by Crippen LogP contribution is -2.23. The molecule has 0 heterocycles. The van der Waals surface area contributed by atoms with Gasteiger partial charge in [-0.25, -0.2) is 0 Å². The second-order valence-electron chi connectivity index (χ2n) is 2.28. The van der Waals surface area contributed by atoms with Gasteiger partial charge in [0.25, 0.3) is 0 Å². The van der Waals surface area contributed by atoms with Crippen LogP contribution in [0.1, 0.15) is 12.8 Å². The van der Waals surface area contributed by atoms with Gasteiger partial charge >= 0.3 is 0 Å². The summed E-state index contributed by atoms with van der Waals surface area (Å²) in [4.78, 5) is 10.8. The minimum absolute atomic E-state index is 0.0156. The summed E-state index contributed by atoms with van der Waals surface area (Å²) in [5.41, 5.74) is 0. The Morgan fingerprint density at radius 1 is 1.82 bits per heavy atom. The first kappa shape index (κ1) is 10.3. The number of hydrogen-bond acceptors (Lipinski definition) is 3. The lowest BCUT2D eigenvalue weighted by atomic mass is 10.1. The molecular weight excluding hydrogens is 144 g/mol. The number of Topliss-reactive ketones (excluding diaryl/α,β-unsaturated/α-hetero) is 1. The number of aliphatic hydroxyl groups excluding tert-OH is 1. The van der Waals surface area contributed by atoms with Crippen LogP contribution in [0.15, 0.2) is 12.7 Å². The van der Waals surface area contributed by atoms with Crippen LogP contribution in [0.5, 0.6) is 0 Å². The molecule has 1 atom stereocenters. The van der Waals surface area contributed by atoms with Gasteiger partial charge in [0.05, 0.1) is 0 Å². The molecule has 0 saturated carbocycles. The van der Waals surface area contributed by atoms with E-state index in [0.717, 1.165) is 0 Å². The Hall–Kier alpha value is -0.670. The molecule has 3 heteroatoms. The van der Waals surface area contributed by atoms with E-state index in [1.54, 1.807) is 6.08 Å². The fraction of sp³-hybridized carbons (Fsp3) is 0.625. The third kappa shape index (κ3) is 4.70. The van der Waals surface area contributed by atoms with Crippen LogP contribution in [0.4, 0.5) is 0 Å². The highest BCUT2D eigenvalue weighted by Gasteiger charge is 2.12. The van der Waals surface area contributed by atoms with Crippen molar-refractivity contribution in [2.45, 2.75) is 18.9 Å². The quantitative estimate of drug-likeness (QED) is 0.573. The number of methoxy groups -OCH3 is 1. The molecule has 0 saturated heterocycles. The summed E-state index contributed by atoms with van der Waals surface area (Å²) >= 11 is 0. The van der Waals surface area contributed by atoms with Crippen molar-refractivity contribution in [1.29, 1.82) is 0 Å². The molecule has 0 aromatic heterocycles. The van der Waals surface area contributed by atoms with Crippen molar-refractivity contribution < 1.29 is 14.6 Å². The lowest BCUT2D eigenvalue weighted by molar-refractivity contribution is -0.131. The molecule has 0 aromatic carbocycles. The number of ether oxygens (including phenoxy) is 1. The molecular formula is C8H14O3. The second-order valence-corrected chi connectivity index (χ2v) is 2.28. The van der Waals surface area contributed by atoms with Crippen molar-refractivity contribution in [1.82, 2.24) is 0 Å². The maximum absolute atomic E-state index is 10.8. The van der Waals surface area contributed by atoms with Gasteiger partial charge in [-0.05, 0) is 12.8 Å². The topological polar surface area (TPSA) is 46.5 Å². The van der Waals surface area contributed by atoms with Gasteiger partial charge in [0.2, 0.25) is 0 Å². The van der Waals surface area contributed by atoms with E-state index in [9.17, 15) is 4.79 Å². The van der Waals surface area contributed by atoms with Gasteiger partial charge < -0.3 is 9.84 Å². The summed E-state index contributed by atoms with van der Waals surface area (Å²) in [6, 6.07) is 0. The average Bonchev–Trinajstić information content (AvgIpc) is 2.00. The van der Waals surface area contributed by atoms with Crippen molar-refractivity contribution in [3.63, 3.8) is 0 Å². The predicted octanol–water partition coefficient (Wildman–Crippen LogP) is 0.529. The average molecular weight is 158 g/mol. The highest BCUT2D eigenvalue weighted by atomic mass is 16.5. The monoisotopic (exact) mass is 158 g/mol. The maximum atomic E-state index is 10.8. The molecule has 0 spiro atoms. The Morgan fingerprint density at radius 3 is 2.91 bits per heavy atom. The van der Waals surface area contributed by atoms with Crippen molar-refractivity contribution in [2.24, 2.45) is 0 Å². The van der Waals surface area contributed by atoms with Crippen LogP contribution in [0.25, 0.3) is 0 Å². The van der Waals surface area contributed by atoms with Crippen LogP contribution in [-0.2, 0) is 9.53 Å². The molecule has 1 unspecified atom stereocenters. The zero-order chi connectivity index (χ0) is 8.69. The Labute approximate surface area is 66.7 Å². The van der Waals surface area contributed by atoms with Gasteiger partial charge in [-0.3, -0.25) is 4.79 Å². The van der Waals surface area contributed by atoms with Crippen molar-refractivity contribution in [2.75, 3.05) is 13.7 Å². The predicted molar refractivity (Wildman–Crippen MR) is 42.3 cm³/mol. The smallest absolute Gasteiger partial charge is 0.186 e. The minimum atomic E-state index is -0.895.